The van der Waals surface area contributed by atoms with Crippen molar-refractivity contribution in [1.82, 2.24) is 14.9 Å². The summed E-state index contributed by atoms with van der Waals surface area (Å²) in [6.45, 7) is 3.70. The van der Waals surface area contributed by atoms with Crippen LogP contribution in [-0.2, 0) is 4.57 Å². The average molecular weight is 619 g/mol. The van der Waals surface area contributed by atoms with Crippen LogP contribution in [0.15, 0.2) is 6.07 Å². The molecule has 4 fully saturated rings. The third kappa shape index (κ3) is 10.0. The summed E-state index contributed by atoms with van der Waals surface area (Å²) in [4.78, 5) is 33.0. The van der Waals surface area contributed by atoms with Crippen LogP contribution < -0.4 is 16.0 Å². The van der Waals surface area contributed by atoms with Crippen LogP contribution in [0.1, 0.15) is 122 Å². The van der Waals surface area contributed by atoms with E-state index in [2.05, 4.69) is 20.1 Å². The number of anilines is 3. The Balaban J connectivity index is 1.02. The maximum Gasteiger partial charge on any atom is 0.326 e. The van der Waals surface area contributed by atoms with E-state index < -0.39 is 7.60 Å². The fourth-order valence-electron chi connectivity index (χ4n) is 8.66. The molecular weight excluding hydrogens is 559 g/mol. The summed E-state index contributed by atoms with van der Waals surface area (Å²) < 4.78 is 11.6. The SMILES string of the molecule is Nc1cc(N2CCN(CCP(=O)(O)O)C3(CCCC3)C2)nc(NCC2CCC(CCCCCCC3CCCCC3)CC2)n1. The molecule has 3 saturated carbocycles. The van der Waals surface area contributed by atoms with Crippen molar-refractivity contribution in [1.29, 1.82) is 0 Å². The topological polar surface area (TPSA) is 128 Å². The Labute approximate surface area is 260 Å². The van der Waals surface area contributed by atoms with Gasteiger partial charge in [-0.1, -0.05) is 96.3 Å². The van der Waals surface area contributed by atoms with Crippen molar-refractivity contribution in [3.05, 3.63) is 6.07 Å². The highest BCUT2D eigenvalue weighted by Gasteiger charge is 2.44. The zero-order chi connectivity index (χ0) is 30.1. The predicted octanol–water partition coefficient (Wildman–Crippen LogP) is 6.81. The molecule has 1 spiro atoms. The number of nitrogens with zero attached hydrogens (tertiary/aromatic N) is 4. The standard InChI is InChI=1S/C33H59N6O3P/c34-30-24-31(38-20-21-39(22-23-43(40,41)42)33(26-38)18-8-9-19-33)37-32(36-30)35-25-29-16-14-28(15-17-29)13-5-2-1-4-10-27-11-6-3-7-12-27/h24,27-29H,1-23,25-26H2,(H2,40,41,42)(H3,34,35,36,37). The summed E-state index contributed by atoms with van der Waals surface area (Å²) in [6, 6.07) is 1.88. The van der Waals surface area contributed by atoms with Gasteiger partial charge in [0, 0.05) is 44.3 Å². The van der Waals surface area contributed by atoms with E-state index in [1.807, 2.05) is 6.07 Å². The van der Waals surface area contributed by atoms with E-state index in [4.69, 9.17) is 10.7 Å². The highest BCUT2D eigenvalue weighted by Crippen LogP contribution is 2.41. The summed E-state index contributed by atoms with van der Waals surface area (Å²) in [6.07, 6.45) is 25.6. The van der Waals surface area contributed by atoms with Crippen molar-refractivity contribution in [3.63, 3.8) is 0 Å². The lowest BCUT2D eigenvalue weighted by Gasteiger charge is -2.49. The monoisotopic (exact) mass is 618 g/mol. The zero-order valence-corrected chi connectivity index (χ0v) is 27.5. The molecule has 1 aliphatic heterocycles. The number of hydrogen-bond donors (Lipinski definition) is 4. The average Bonchev–Trinajstić information content (AvgIpc) is 3.46. The summed E-state index contributed by atoms with van der Waals surface area (Å²) in [7, 11) is -4.01. The first kappa shape index (κ1) is 33.0. The second kappa shape index (κ2) is 15.7. The Bertz CT molecular complexity index is 1030. The Morgan fingerprint density at radius 1 is 0.860 bits per heavy atom. The van der Waals surface area contributed by atoms with Crippen LogP contribution in [0.25, 0.3) is 0 Å². The molecule has 0 radical (unpaired) electrons. The number of piperazine rings is 1. The molecule has 9 nitrogen and oxygen atoms in total. The third-order valence-corrected chi connectivity index (χ3v) is 12.0. The first-order chi connectivity index (χ1) is 20.8. The predicted molar refractivity (Wildman–Crippen MR) is 177 cm³/mol. The summed E-state index contributed by atoms with van der Waals surface area (Å²) >= 11 is 0. The highest BCUT2D eigenvalue weighted by molar-refractivity contribution is 7.51. The highest BCUT2D eigenvalue weighted by atomic mass is 31.2. The Morgan fingerprint density at radius 2 is 1.51 bits per heavy atom. The molecule has 1 aromatic heterocycles. The first-order valence-electron chi connectivity index (χ1n) is 17.7. The fraction of sp³-hybridized carbons (Fsp3) is 0.879. The number of hydrogen-bond acceptors (Lipinski definition) is 7. The molecule has 5 N–H and O–H groups in total. The number of nitrogens with one attached hydrogen (secondary N) is 1. The minimum absolute atomic E-state index is 0.0473. The van der Waals surface area contributed by atoms with Crippen LogP contribution in [0.2, 0.25) is 0 Å². The van der Waals surface area contributed by atoms with Crippen molar-refractivity contribution in [2.24, 2.45) is 17.8 Å². The van der Waals surface area contributed by atoms with Crippen molar-refractivity contribution in [2.45, 2.75) is 128 Å². The van der Waals surface area contributed by atoms with Gasteiger partial charge in [-0.25, -0.2) is 0 Å². The van der Waals surface area contributed by atoms with Crippen LogP contribution >= 0.6 is 7.60 Å². The van der Waals surface area contributed by atoms with E-state index in [1.165, 1.54) is 96.3 Å². The van der Waals surface area contributed by atoms with Gasteiger partial charge in [0.2, 0.25) is 5.95 Å². The van der Waals surface area contributed by atoms with Gasteiger partial charge in [0.25, 0.3) is 0 Å². The normalized spacial score (nSPS) is 25.4. The molecule has 0 atom stereocenters. The lowest BCUT2D eigenvalue weighted by atomic mass is 9.79. The summed E-state index contributed by atoms with van der Waals surface area (Å²) in [5, 5.41) is 3.52. The molecule has 2 heterocycles. The number of nitrogen functional groups attached to an aromatic ring is 1. The molecule has 10 heteroatoms. The van der Waals surface area contributed by atoms with Gasteiger partial charge in [-0.15, -0.1) is 0 Å². The second-order valence-electron chi connectivity index (χ2n) is 14.5. The minimum Gasteiger partial charge on any atom is -0.383 e. The Morgan fingerprint density at radius 3 is 2.19 bits per heavy atom. The summed E-state index contributed by atoms with van der Waals surface area (Å²) in [5.74, 6) is 4.58. The van der Waals surface area contributed by atoms with Gasteiger partial charge in [-0.2, -0.15) is 9.97 Å². The molecule has 0 amide bonds. The molecule has 5 rings (SSSR count). The molecule has 3 aliphatic carbocycles. The molecule has 1 saturated heterocycles. The van der Waals surface area contributed by atoms with Crippen molar-refractivity contribution < 1.29 is 14.4 Å². The quantitative estimate of drug-likeness (QED) is 0.131. The second-order valence-corrected chi connectivity index (χ2v) is 16.2. The number of rotatable bonds is 14. The molecule has 43 heavy (non-hydrogen) atoms. The lowest BCUT2D eigenvalue weighted by molar-refractivity contribution is 0.0832. The smallest absolute Gasteiger partial charge is 0.326 e. The largest absolute Gasteiger partial charge is 0.383 e. The molecule has 0 aromatic carbocycles. The van der Waals surface area contributed by atoms with Crippen molar-refractivity contribution >= 4 is 25.2 Å². The molecule has 0 unspecified atom stereocenters. The van der Waals surface area contributed by atoms with Gasteiger partial charge in [0.1, 0.15) is 11.6 Å². The maximum atomic E-state index is 11.6. The molecule has 1 aromatic rings. The van der Waals surface area contributed by atoms with E-state index in [-0.39, 0.29) is 11.7 Å². The van der Waals surface area contributed by atoms with E-state index in [1.54, 1.807) is 0 Å². The van der Waals surface area contributed by atoms with Gasteiger partial charge < -0.3 is 25.7 Å². The number of nitrogens with two attached hydrogens (primary N) is 1. The van der Waals surface area contributed by atoms with Gasteiger partial charge in [-0.05, 0) is 43.4 Å². The molecule has 4 aliphatic rings. The van der Waals surface area contributed by atoms with Gasteiger partial charge in [-0.3, -0.25) is 9.46 Å². The van der Waals surface area contributed by atoms with Crippen LogP contribution in [0.3, 0.4) is 0 Å². The first-order valence-corrected chi connectivity index (χ1v) is 19.5. The molecule has 0 bridgehead atoms. The molecule has 244 valence electrons. The van der Waals surface area contributed by atoms with E-state index in [9.17, 15) is 14.4 Å². The third-order valence-electron chi connectivity index (χ3n) is 11.3. The maximum absolute atomic E-state index is 11.6. The minimum atomic E-state index is -4.01. The van der Waals surface area contributed by atoms with Gasteiger partial charge in [0.05, 0.1) is 6.16 Å². The van der Waals surface area contributed by atoms with Gasteiger partial charge in [0.15, 0.2) is 0 Å². The van der Waals surface area contributed by atoms with Crippen LogP contribution in [0, 0.1) is 17.8 Å². The summed E-state index contributed by atoms with van der Waals surface area (Å²) in [5.41, 5.74) is 6.21. The van der Waals surface area contributed by atoms with Crippen molar-refractivity contribution in [2.75, 3.05) is 54.8 Å². The number of aromatic nitrogens is 2. The van der Waals surface area contributed by atoms with Crippen LogP contribution in [-0.4, -0.2) is 69.1 Å². The van der Waals surface area contributed by atoms with Crippen molar-refractivity contribution in [3.8, 4) is 0 Å². The lowest BCUT2D eigenvalue weighted by Crippen LogP contribution is -2.61. The number of unbranched alkanes of at least 4 members (excludes halogenated alkanes) is 3. The van der Waals surface area contributed by atoms with E-state index in [0.717, 1.165) is 69.5 Å². The van der Waals surface area contributed by atoms with E-state index in [0.29, 0.717) is 24.2 Å². The van der Waals surface area contributed by atoms with E-state index >= 15 is 0 Å². The van der Waals surface area contributed by atoms with Crippen LogP contribution in [0.4, 0.5) is 17.6 Å². The zero-order valence-electron chi connectivity index (χ0n) is 26.6. The Hall–Kier alpha value is -1.41. The molecular formula is C33H59N6O3P. The Kier molecular flexibility index (Phi) is 12.1. The van der Waals surface area contributed by atoms with Gasteiger partial charge >= 0.3 is 7.60 Å². The van der Waals surface area contributed by atoms with Crippen LogP contribution in [0.5, 0.6) is 0 Å². The fourth-order valence-corrected chi connectivity index (χ4v) is 9.17.